The van der Waals surface area contributed by atoms with E-state index >= 15 is 0 Å². The normalized spacial score (nSPS) is 24.2. The number of anilines is 1. The molecule has 1 aromatic carbocycles. The van der Waals surface area contributed by atoms with Gasteiger partial charge in [0.1, 0.15) is 0 Å². The molecular formula is C23H30N4O2. The predicted molar refractivity (Wildman–Crippen MR) is 114 cm³/mol. The molecule has 2 atom stereocenters. The molecule has 0 radical (unpaired) electrons. The van der Waals surface area contributed by atoms with E-state index in [1.54, 1.807) is 0 Å². The Bertz CT molecular complexity index is 840. The molecule has 4 rings (SSSR count). The van der Waals surface area contributed by atoms with Gasteiger partial charge in [0.25, 0.3) is 0 Å². The third-order valence-electron chi connectivity index (χ3n) is 6.33. The van der Waals surface area contributed by atoms with Crippen molar-refractivity contribution in [2.24, 2.45) is 17.3 Å². The maximum atomic E-state index is 11.3. The fourth-order valence-electron chi connectivity index (χ4n) is 5.09. The van der Waals surface area contributed by atoms with Gasteiger partial charge < -0.3 is 14.9 Å². The summed E-state index contributed by atoms with van der Waals surface area (Å²) in [5.41, 5.74) is 1.97. The maximum absolute atomic E-state index is 11.3. The number of rotatable bonds is 7. The molecule has 2 fully saturated rings. The summed E-state index contributed by atoms with van der Waals surface area (Å²) in [5.74, 6) is 1.30. The van der Waals surface area contributed by atoms with Gasteiger partial charge in [0.05, 0.1) is 5.69 Å². The van der Waals surface area contributed by atoms with Gasteiger partial charge in [-0.25, -0.2) is 0 Å². The van der Waals surface area contributed by atoms with Crippen molar-refractivity contribution in [1.82, 2.24) is 15.1 Å². The summed E-state index contributed by atoms with van der Waals surface area (Å²) in [6.45, 7) is 9.38. The molecule has 1 aromatic heterocycles. The van der Waals surface area contributed by atoms with Crippen LogP contribution in [0.3, 0.4) is 0 Å². The molecule has 2 unspecified atom stereocenters. The van der Waals surface area contributed by atoms with Gasteiger partial charge in [-0.15, -0.1) is 10.2 Å². The van der Waals surface area contributed by atoms with Crippen LogP contribution in [0.25, 0.3) is 11.3 Å². The zero-order valence-corrected chi connectivity index (χ0v) is 17.3. The molecule has 2 saturated heterocycles. The molecular weight excluding hydrogens is 364 g/mol. The number of aliphatic carboxylic acids is 1. The number of carboxylic acid groups (broad SMARTS) is 1. The summed E-state index contributed by atoms with van der Waals surface area (Å²) in [6.07, 6.45) is 0.964. The second-order valence-electron chi connectivity index (χ2n) is 9.06. The summed E-state index contributed by atoms with van der Waals surface area (Å²) >= 11 is 0. The summed E-state index contributed by atoms with van der Waals surface area (Å²) in [6, 6.07) is 14.1. The van der Waals surface area contributed by atoms with E-state index in [1.807, 2.05) is 42.5 Å². The van der Waals surface area contributed by atoms with Crippen LogP contribution in [0.15, 0.2) is 42.5 Å². The Hall–Kier alpha value is -2.47. The average molecular weight is 395 g/mol. The number of hydrogen-bond donors (Lipinski definition) is 1. The highest BCUT2D eigenvalue weighted by Gasteiger charge is 2.52. The smallest absolute Gasteiger partial charge is 0.303 e. The van der Waals surface area contributed by atoms with Crippen LogP contribution in [-0.2, 0) is 4.79 Å². The van der Waals surface area contributed by atoms with Crippen molar-refractivity contribution in [3.63, 3.8) is 0 Å². The van der Waals surface area contributed by atoms with Crippen molar-refractivity contribution in [1.29, 1.82) is 0 Å². The summed E-state index contributed by atoms with van der Waals surface area (Å²) in [7, 11) is 0. The van der Waals surface area contributed by atoms with Crippen LogP contribution in [0, 0.1) is 17.3 Å². The van der Waals surface area contributed by atoms with Crippen molar-refractivity contribution in [2.75, 3.05) is 37.6 Å². The number of likely N-dealkylation sites (tertiary alicyclic amines) is 1. The Balaban J connectivity index is 1.50. The molecule has 154 valence electrons. The number of aromatic nitrogens is 2. The van der Waals surface area contributed by atoms with E-state index in [9.17, 15) is 9.90 Å². The Morgan fingerprint density at radius 2 is 1.93 bits per heavy atom. The molecule has 2 aliphatic rings. The van der Waals surface area contributed by atoms with Crippen molar-refractivity contribution >= 4 is 11.8 Å². The maximum Gasteiger partial charge on any atom is 0.303 e. The standard InChI is InChI=1S/C23H30N4O2/c1-17(2)12-26-13-19-14-27(16-23(19,15-26)11-10-22(28)29)21-9-8-20(24-25-21)18-6-4-3-5-7-18/h3-9,17,19H,10-16H2,1-2H3,(H,28,29). The van der Waals surface area contributed by atoms with Gasteiger partial charge in [-0.1, -0.05) is 44.2 Å². The number of hydrogen-bond acceptors (Lipinski definition) is 5. The number of carbonyl (C=O) groups is 1. The fourth-order valence-corrected chi connectivity index (χ4v) is 5.09. The highest BCUT2D eigenvalue weighted by Crippen LogP contribution is 2.47. The fraction of sp³-hybridized carbons (Fsp3) is 0.522. The van der Waals surface area contributed by atoms with E-state index in [0.717, 1.165) is 56.2 Å². The molecule has 0 spiro atoms. The molecule has 0 amide bonds. The van der Waals surface area contributed by atoms with Crippen LogP contribution in [-0.4, -0.2) is 58.9 Å². The number of benzene rings is 1. The van der Waals surface area contributed by atoms with E-state index in [2.05, 4.69) is 33.8 Å². The van der Waals surface area contributed by atoms with E-state index < -0.39 is 5.97 Å². The van der Waals surface area contributed by atoms with Crippen molar-refractivity contribution in [2.45, 2.75) is 26.7 Å². The van der Waals surface area contributed by atoms with E-state index in [4.69, 9.17) is 0 Å². The monoisotopic (exact) mass is 394 g/mol. The first-order chi connectivity index (χ1) is 13.9. The first-order valence-corrected chi connectivity index (χ1v) is 10.5. The predicted octanol–water partition coefficient (Wildman–Crippen LogP) is 3.40. The van der Waals surface area contributed by atoms with Crippen LogP contribution < -0.4 is 4.90 Å². The largest absolute Gasteiger partial charge is 0.481 e. The molecule has 29 heavy (non-hydrogen) atoms. The Morgan fingerprint density at radius 1 is 1.14 bits per heavy atom. The van der Waals surface area contributed by atoms with Gasteiger partial charge in [0, 0.05) is 50.1 Å². The molecule has 0 aliphatic carbocycles. The second-order valence-corrected chi connectivity index (χ2v) is 9.06. The average Bonchev–Trinajstić information content (AvgIpc) is 3.20. The Labute approximate surface area is 172 Å². The van der Waals surface area contributed by atoms with Gasteiger partial charge in [-0.2, -0.15) is 0 Å². The van der Waals surface area contributed by atoms with Gasteiger partial charge in [0.15, 0.2) is 5.82 Å². The zero-order chi connectivity index (χ0) is 20.4. The molecule has 3 heterocycles. The third kappa shape index (κ3) is 4.27. The second kappa shape index (κ2) is 8.11. The van der Waals surface area contributed by atoms with Gasteiger partial charge in [-0.3, -0.25) is 4.79 Å². The topological polar surface area (TPSA) is 69.6 Å². The summed E-state index contributed by atoms with van der Waals surface area (Å²) in [4.78, 5) is 16.1. The lowest BCUT2D eigenvalue weighted by Crippen LogP contribution is -2.36. The van der Waals surface area contributed by atoms with Crippen LogP contribution >= 0.6 is 0 Å². The molecule has 0 saturated carbocycles. The van der Waals surface area contributed by atoms with Gasteiger partial charge >= 0.3 is 5.97 Å². The first kappa shape index (κ1) is 19.8. The van der Waals surface area contributed by atoms with Crippen LogP contribution in [0.1, 0.15) is 26.7 Å². The summed E-state index contributed by atoms with van der Waals surface area (Å²) < 4.78 is 0. The van der Waals surface area contributed by atoms with Gasteiger partial charge in [-0.05, 0) is 30.4 Å². The molecule has 0 bridgehead atoms. The minimum Gasteiger partial charge on any atom is -0.481 e. The number of fused-ring (bicyclic) bond motifs is 1. The molecule has 2 aliphatic heterocycles. The minimum atomic E-state index is -0.703. The highest BCUT2D eigenvalue weighted by molar-refractivity contribution is 5.66. The molecule has 1 N–H and O–H groups in total. The first-order valence-electron chi connectivity index (χ1n) is 10.5. The number of carboxylic acids is 1. The Kier molecular flexibility index (Phi) is 5.54. The lowest BCUT2D eigenvalue weighted by Gasteiger charge is -2.29. The lowest BCUT2D eigenvalue weighted by molar-refractivity contribution is -0.137. The van der Waals surface area contributed by atoms with E-state index in [-0.39, 0.29) is 11.8 Å². The molecule has 6 heteroatoms. The minimum absolute atomic E-state index is 0.0348. The van der Waals surface area contributed by atoms with Crippen molar-refractivity contribution < 1.29 is 9.90 Å². The van der Waals surface area contributed by atoms with E-state index in [1.165, 1.54) is 0 Å². The third-order valence-corrected chi connectivity index (χ3v) is 6.33. The van der Waals surface area contributed by atoms with Crippen molar-refractivity contribution in [3.05, 3.63) is 42.5 Å². The quantitative estimate of drug-likeness (QED) is 0.776. The van der Waals surface area contributed by atoms with Crippen LogP contribution in [0.2, 0.25) is 0 Å². The van der Waals surface area contributed by atoms with E-state index in [0.29, 0.717) is 11.8 Å². The lowest BCUT2D eigenvalue weighted by atomic mass is 9.77. The Morgan fingerprint density at radius 3 is 2.59 bits per heavy atom. The zero-order valence-electron chi connectivity index (χ0n) is 17.3. The summed E-state index contributed by atoms with van der Waals surface area (Å²) in [5, 5.41) is 18.2. The van der Waals surface area contributed by atoms with Crippen LogP contribution in [0.5, 0.6) is 0 Å². The molecule has 6 nitrogen and oxygen atoms in total. The van der Waals surface area contributed by atoms with Crippen molar-refractivity contribution in [3.8, 4) is 11.3 Å². The van der Waals surface area contributed by atoms with Gasteiger partial charge in [0.2, 0.25) is 0 Å². The molecule has 2 aromatic rings. The number of nitrogens with zero attached hydrogens (tertiary/aromatic N) is 4. The van der Waals surface area contributed by atoms with Crippen LogP contribution in [0.4, 0.5) is 5.82 Å². The SMILES string of the molecule is CC(C)CN1CC2CN(c3ccc(-c4ccccc4)nn3)CC2(CCC(=O)O)C1. The highest BCUT2D eigenvalue weighted by atomic mass is 16.4.